The van der Waals surface area contributed by atoms with Crippen LogP contribution >= 0.6 is 0 Å². The second-order valence-corrected chi connectivity index (χ2v) is 7.17. The largest absolute Gasteiger partial charge is 0.399 e. The minimum absolute atomic E-state index is 0.116. The molecule has 2 atom stereocenters. The number of ketones is 2. The Labute approximate surface area is 141 Å². The number of rotatable bonds is 2. The second kappa shape index (κ2) is 5.56. The predicted molar refractivity (Wildman–Crippen MR) is 94.5 cm³/mol. The van der Waals surface area contributed by atoms with E-state index in [-0.39, 0.29) is 18.0 Å². The molecule has 0 bridgehead atoms. The number of benzene rings is 2. The minimum atomic E-state index is -1.36. The molecule has 1 aliphatic carbocycles. The van der Waals surface area contributed by atoms with Gasteiger partial charge in [-0.1, -0.05) is 56.3 Å². The van der Waals surface area contributed by atoms with E-state index in [1.54, 1.807) is 24.3 Å². The summed E-state index contributed by atoms with van der Waals surface area (Å²) in [6, 6.07) is 15.4. The van der Waals surface area contributed by atoms with E-state index >= 15 is 0 Å². The van der Waals surface area contributed by atoms with E-state index in [1.807, 2.05) is 44.2 Å². The first-order valence-electron chi connectivity index (χ1n) is 8.05. The summed E-state index contributed by atoms with van der Waals surface area (Å²) in [7, 11) is 0. The zero-order valence-corrected chi connectivity index (χ0v) is 14.0. The van der Waals surface area contributed by atoms with E-state index in [9.17, 15) is 9.59 Å². The molecule has 124 valence electrons. The number of hydrogen-bond donors (Lipinski definition) is 2. The van der Waals surface area contributed by atoms with Crippen molar-refractivity contribution in [2.24, 2.45) is 11.1 Å². The predicted octanol–water partition coefficient (Wildman–Crippen LogP) is 2.45. The third-order valence-corrected chi connectivity index (χ3v) is 5.08. The second-order valence-electron chi connectivity index (χ2n) is 7.17. The molecule has 2 aromatic rings. The summed E-state index contributed by atoms with van der Waals surface area (Å²) in [5.41, 5.74) is 12.0. The fourth-order valence-corrected chi connectivity index (χ4v) is 3.58. The summed E-state index contributed by atoms with van der Waals surface area (Å²) < 4.78 is 0. The van der Waals surface area contributed by atoms with Crippen molar-refractivity contribution in [3.63, 3.8) is 0 Å². The van der Waals surface area contributed by atoms with Crippen LogP contribution in [0.1, 0.15) is 31.4 Å². The van der Waals surface area contributed by atoms with Crippen LogP contribution in [0.3, 0.4) is 0 Å². The normalized spacial score (nSPS) is 26.4. The molecule has 1 saturated carbocycles. The molecule has 0 spiro atoms. The van der Waals surface area contributed by atoms with Crippen LogP contribution in [-0.2, 0) is 15.0 Å². The molecule has 1 aliphatic rings. The fraction of sp³-hybridized carbons (Fsp3) is 0.300. The smallest absolute Gasteiger partial charge is 0.172 e. The minimum Gasteiger partial charge on any atom is -0.399 e. The average Bonchev–Trinajstić information content (AvgIpc) is 2.55. The van der Waals surface area contributed by atoms with E-state index in [0.717, 1.165) is 0 Å². The number of anilines is 1. The van der Waals surface area contributed by atoms with Gasteiger partial charge in [0.15, 0.2) is 11.6 Å². The van der Waals surface area contributed by atoms with Crippen LogP contribution in [0.5, 0.6) is 0 Å². The molecule has 0 heterocycles. The molecule has 0 aromatic heterocycles. The zero-order valence-electron chi connectivity index (χ0n) is 14.0. The van der Waals surface area contributed by atoms with Gasteiger partial charge in [0.05, 0.1) is 6.04 Å². The van der Waals surface area contributed by atoms with E-state index in [2.05, 4.69) is 0 Å². The van der Waals surface area contributed by atoms with Gasteiger partial charge in [-0.05, 0) is 28.7 Å². The Bertz CT molecular complexity index is 781. The molecule has 4 heteroatoms. The number of carbonyl (C=O) groups is 2. The summed E-state index contributed by atoms with van der Waals surface area (Å²) in [6.45, 7) is 3.73. The number of nitrogen functional groups attached to an aromatic ring is 1. The van der Waals surface area contributed by atoms with Gasteiger partial charge in [0, 0.05) is 12.1 Å². The molecule has 0 aliphatic heterocycles. The molecule has 0 saturated heterocycles. The SMILES string of the molecule is CC1(C)CC(=O)C(c2ccccc2)(c2ccc(N)cc2)C(=O)C1N. The molecular weight excluding hydrogens is 300 g/mol. The molecular formula is C20H22N2O2. The Balaban J connectivity index is 2.29. The number of hydrogen-bond acceptors (Lipinski definition) is 4. The van der Waals surface area contributed by atoms with Crippen molar-refractivity contribution in [2.75, 3.05) is 5.73 Å². The van der Waals surface area contributed by atoms with Gasteiger partial charge in [-0.3, -0.25) is 9.59 Å². The Morgan fingerprint density at radius 3 is 2.04 bits per heavy atom. The first-order valence-corrected chi connectivity index (χ1v) is 8.05. The van der Waals surface area contributed by atoms with Crippen LogP contribution in [-0.4, -0.2) is 17.6 Å². The van der Waals surface area contributed by atoms with Crippen LogP contribution in [0.2, 0.25) is 0 Å². The van der Waals surface area contributed by atoms with Gasteiger partial charge in [0.25, 0.3) is 0 Å². The standard InChI is InChI=1S/C20H22N2O2/c1-19(2)12-16(23)20(18(24)17(19)22,13-6-4-3-5-7-13)14-8-10-15(21)11-9-14/h3-11,17H,12,21-22H2,1-2H3. The number of Topliss-reactive ketones (excluding diaryl/α,β-unsaturated/α-hetero) is 2. The van der Waals surface area contributed by atoms with E-state index in [4.69, 9.17) is 11.5 Å². The van der Waals surface area contributed by atoms with Crippen LogP contribution in [0.15, 0.2) is 54.6 Å². The van der Waals surface area contributed by atoms with Crippen LogP contribution in [0.4, 0.5) is 5.69 Å². The Morgan fingerprint density at radius 2 is 1.46 bits per heavy atom. The van der Waals surface area contributed by atoms with Gasteiger partial charge in [-0.15, -0.1) is 0 Å². The fourth-order valence-electron chi connectivity index (χ4n) is 3.58. The highest BCUT2D eigenvalue weighted by atomic mass is 16.2. The zero-order chi connectivity index (χ0) is 17.5. The Kier molecular flexibility index (Phi) is 3.80. The quantitative estimate of drug-likeness (QED) is 0.657. The third-order valence-electron chi connectivity index (χ3n) is 5.08. The highest BCUT2D eigenvalue weighted by Gasteiger charge is 2.57. The molecule has 4 nitrogen and oxygen atoms in total. The van der Waals surface area contributed by atoms with E-state index < -0.39 is 16.9 Å². The maximum absolute atomic E-state index is 13.4. The Morgan fingerprint density at radius 1 is 0.917 bits per heavy atom. The van der Waals surface area contributed by atoms with Gasteiger partial charge in [0.2, 0.25) is 0 Å². The first-order chi connectivity index (χ1) is 11.3. The number of carbonyl (C=O) groups excluding carboxylic acids is 2. The van der Waals surface area contributed by atoms with Crippen molar-refractivity contribution < 1.29 is 9.59 Å². The summed E-state index contributed by atoms with van der Waals surface area (Å²) in [5, 5.41) is 0. The average molecular weight is 322 g/mol. The van der Waals surface area contributed by atoms with Gasteiger partial charge in [0.1, 0.15) is 5.41 Å². The van der Waals surface area contributed by atoms with Crippen LogP contribution < -0.4 is 11.5 Å². The lowest BCUT2D eigenvalue weighted by molar-refractivity contribution is -0.141. The van der Waals surface area contributed by atoms with E-state index in [1.165, 1.54) is 0 Å². The summed E-state index contributed by atoms with van der Waals surface area (Å²) in [5.74, 6) is -0.366. The van der Waals surface area contributed by atoms with Crippen molar-refractivity contribution in [3.8, 4) is 0 Å². The molecule has 2 aromatic carbocycles. The van der Waals surface area contributed by atoms with Gasteiger partial charge < -0.3 is 11.5 Å². The van der Waals surface area contributed by atoms with Gasteiger partial charge in [-0.25, -0.2) is 0 Å². The maximum Gasteiger partial charge on any atom is 0.172 e. The van der Waals surface area contributed by atoms with Crippen molar-refractivity contribution in [1.29, 1.82) is 0 Å². The maximum atomic E-state index is 13.4. The lowest BCUT2D eigenvalue weighted by atomic mass is 9.56. The third kappa shape index (κ3) is 2.26. The first kappa shape index (κ1) is 16.4. The molecule has 24 heavy (non-hydrogen) atoms. The summed E-state index contributed by atoms with van der Waals surface area (Å²) in [6.07, 6.45) is 0.249. The van der Waals surface area contributed by atoms with Crippen LogP contribution in [0.25, 0.3) is 0 Å². The van der Waals surface area contributed by atoms with Crippen molar-refractivity contribution in [1.82, 2.24) is 0 Å². The van der Waals surface area contributed by atoms with E-state index in [0.29, 0.717) is 16.8 Å². The molecule has 0 radical (unpaired) electrons. The van der Waals surface area contributed by atoms with Crippen molar-refractivity contribution in [3.05, 3.63) is 65.7 Å². The molecule has 0 amide bonds. The highest BCUT2D eigenvalue weighted by molar-refractivity contribution is 6.20. The molecule has 3 rings (SSSR count). The van der Waals surface area contributed by atoms with Crippen molar-refractivity contribution in [2.45, 2.75) is 31.7 Å². The molecule has 4 N–H and O–H groups in total. The lowest BCUT2D eigenvalue weighted by Gasteiger charge is -2.45. The monoisotopic (exact) mass is 322 g/mol. The lowest BCUT2D eigenvalue weighted by Crippen LogP contribution is -2.62. The number of nitrogens with two attached hydrogens (primary N) is 2. The van der Waals surface area contributed by atoms with Crippen LogP contribution in [0, 0.1) is 5.41 Å². The van der Waals surface area contributed by atoms with Crippen molar-refractivity contribution >= 4 is 17.3 Å². The summed E-state index contributed by atoms with van der Waals surface area (Å²) in [4.78, 5) is 26.6. The van der Waals surface area contributed by atoms with Gasteiger partial charge in [-0.2, -0.15) is 0 Å². The van der Waals surface area contributed by atoms with Gasteiger partial charge >= 0.3 is 0 Å². The molecule has 2 unspecified atom stereocenters. The summed E-state index contributed by atoms with van der Waals surface area (Å²) >= 11 is 0. The topological polar surface area (TPSA) is 86.2 Å². The highest BCUT2D eigenvalue weighted by Crippen LogP contribution is 2.45. The Hall–Kier alpha value is -2.46. The molecule has 1 fully saturated rings.